The van der Waals surface area contributed by atoms with Crippen LogP contribution in [-0.2, 0) is 0 Å². The predicted octanol–water partition coefficient (Wildman–Crippen LogP) is 3.43. The quantitative estimate of drug-likeness (QED) is 0.871. The summed E-state index contributed by atoms with van der Waals surface area (Å²) in [4.78, 5) is 12.4. The monoisotopic (exact) mass is 367 g/mol. The predicted molar refractivity (Wildman–Crippen MR) is 94.6 cm³/mol. The second kappa shape index (κ2) is 7.13. The Morgan fingerprint density at radius 1 is 1.21 bits per heavy atom. The van der Waals surface area contributed by atoms with Crippen molar-refractivity contribution in [2.75, 3.05) is 0 Å². The fourth-order valence-electron chi connectivity index (χ4n) is 3.57. The van der Waals surface area contributed by atoms with Crippen molar-refractivity contribution in [3.05, 3.63) is 41.0 Å². The summed E-state index contributed by atoms with van der Waals surface area (Å²) in [6, 6.07) is 10.2. The molecule has 5 nitrogen and oxygen atoms in total. The molecule has 2 aromatic rings. The Hall–Kier alpha value is -1.56. The Morgan fingerprint density at radius 2 is 1.88 bits per heavy atom. The molecule has 128 valence electrons. The molecular formula is C17H19Cl2N3O2. The van der Waals surface area contributed by atoms with Gasteiger partial charge in [0.2, 0.25) is 0 Å². The van der Waals surface area contributed by atoms with Crippen LogP contribution in [0, 0.1) is 0 Å². The summed E-state index contributed by atoms with van der Waals surface area (Å²) >= 11 is 5.88. The third kappa shape index (κ3) is 3.58. The van der Waals surface area contributed by atoms with Crippen LogP contribution in [0.15, 0.2) is 34.9 Å². The van der Waals surface area contributed by atoms with E-state index >= 15 is 0 Å². The first-order chi connectivity index (χ1) is 11.2. The van der Waals surface area contributed by atoms with Gasteiger partial charge in [0, 0.05) is 34.8 Å². The van der Waals surface area contributed by atoms with Crippen LogP contribution in [0.3, 0.4) is 0 Å². The molecule has 4 rings (SSSR count). The van der Waals surface area contributed by atoms with Gasteiger partial charge < -0.3 is 15.2 Å². The van der Waals surface area contributed by atoms with Crippen molar-refractivity contribution in [1.29, 1.82) is 0 Å². The third-order valence-electron chi connectivity index (χ3n) is 4.68. The first-order valence-corrected chi connectivity index (χ1v) is 8.35. The van der Waals surface area contributed by atoms with Gasteiger partial charge in [0.25, 0.3) is 5.91 Å². The molecule has 0 aliphatic carbocycles. The highest BCUT2D eigenvalue weighted by Crippen LogP contribution is 2.27. The number of hydrogen-bond donors (Lipinski definition) is 2. The molecule has 2 unspecified atom stereocenters. The number of carbonyl (C=O) groups excluding carboxylic acids is 1. The van der Waals surface area contributed by atoms with Crippen molar-refractivity contribution < 1.29 is 9.32 Å². The number of carbonyl (C=O) groups is 1. The van der Waals surface area contributed by atoms with Crippen molar-refractivity contribution in [2.24, 2.45) is 0 Å². The maximum atomic E-state index is 12.4. The van der Waals surface area contributed by atoms with Gasteiger partial charge in [0.15, 0.2) is 11.5 Å². The summed E-state index contributed by atoms with van der Waals surface area (Å²) in [6.07, 6.45) is 4.40. The van der Waals surface area contributed by atoms with Crippen LogP contribution in [-0.4, -0.2) is 29.2 Å². The van der Waals surface area contributed by atoms with Crippen LogP contribution in [0.5, 0.6) is 0 Å². The summed E-state index contributed by atoms with van der Waals surface area (Å²) in [6.45, 7) is 0. The highest BCUT2D eigenvalue weighted by molar-refractivity contribution is 6.30. The van der Waals surface area contributed by atoms with Crippen LogP contribution >= 0.6 is 24.0 Å². The van der Waals surface area contributed by atoms with Crippen molar-refractivity contribution >= 4 is 29.9 Å². The van der Waals surface area contributed by atoms with E-state index in [4.69, 9.17) is 16.1 Å². The summed E-state index contributed by atoms with van der Waals surface area (Å²) in [5, 5.41) is 11.2. The molecule has 1 amide bonds. The first kappa shape index (κ1) is 17.3. The Bertz CT molecular complexity index is 705. The second-order valence-electron chi connectivity index (χ2n) is 6.36. The van der Waals surface area contributed by atoms with Gasteiger partial charge in [-0.3, -0.25) is 4.79 Å². The van der Waals surface area contributed by atoms with Gasteiger partial charge in [-0.2, -0.15) is 0 Å². The van der Waals surface area contributed by atoms with E-state index in [2.05, 4.69) is 15.8 Å². The molecule has 2 N–H and O–H groups in total. The summed E-state index contributed by atoms with van der Waals surface area (Å²) in [5.41, 5.74) is 1.17. The van der Waals surface area contributed by atoms with Crippen molar-refractivity contribution in [3.63, 3.8) is 0 Å². The number of halogens is 2. The van der Waals surface area contributed by atoms with Gasteiger partial charge in [-0.15, -0.1) is 12.4 Å². The van der Waals surface area contributed by atoms with Crippen molar-refractivity contribution in [3.8, 4) is 11.3 Å². The largest absolute Gasteiger partial charge is 0.355 e. The number of nitrogens with one attached hydrogen (secondary N) is 2. The highest BCUT2D eigenvalue weighted by Gasteiger charge is 2.34. The molecule has 1 aromatic carbocycles. The number of hydrogen-bond acceptors (Lipinski definition) is 4. The summed E-state index contributed by atoms with van der Waals surface area (Å²) < 4.78 is 5.29. The lowest BCUT2D eigenvalue weighted by atomic mass is 10.00. The molecule has 0 spiro atoms. The molecule has 2 fully saturated rings. The molecule has 2 aliphatic heterocycles. The maximum absolute atomic E-state index is 12.4. The zero-order valence-electron chi connectivity index (χ0n) is 13.0. The van der Waals surface area contributed by atoms with Gasteiger partial charge in [-0.25, -0.2) is 0 Å². The molecule has 2 saturated heterocycles. The van der Waals surface area contributed by atoms with Crippen LogP contribution < -0.4 is 10.6 Å². The molecule has 0 radical (unpaired) electrons. The number of amides is 1. The molecule has 2 aliphatic rings. The lowest BCUT2D eigenvalue weighted by Gasteiger charge is -2.29. The Balaban J connectivity index is 0.00000169. The highest BCUT2D eigenvalue weighted by atomic mass is 35.5. The molecule has 2 bridgehead atoms. The fraction of sp³-hybridized carbons (Fsp3) is 0.412. The van der Waals surface area contributed by atoms with Crippen LogP contribution in [0.4, 0.5) is 0 Å². The molecule has 2 atom stereocenters. The Morgan fingerprint density at radius 3 is 2.54 bits per heavy atom. The maximum Gasteiger partial charge on any atom is 0.273 e. The lowest BCUT2D eigenvalue weighted by Crippen LogP contribution is -2.48. The number of benzene rings is 1. The van der Waals surface area contributed by atoms with Crippen LogP contribution in [0.1, 0.15) is 36.2 Å². The van der Waals surface area contributed by atoms with Crippen molar-refractivity contribution in [2.45, 2.75) is 43.8 Å². The average molecular weight is 368 g/mol. The van der Waals surface area contributed by atoms with Gasteiger partial charge in [0.05, 0.1) is 0 Å². The normalized spacial score (nSPS) is 25.1. The fourth-order valence-corrected chi connectivity index (χ4v) is 3.69. The topological polar surface area (TPSA) is 67.2 Å². The minimum Gasteiger partial charge on any atom is -0.355 e. The summed E-state index contributed by atoms with van der Waals surface area (Å²) in [7, 11) is 0. The molecule has 7 heteroatoms. The number of nitrogens with zero attached hydrogens (tertiary/aromatic N) is 1. The van der Waals surface area contributed by atoms with E-state index in [-0.39, 0.29) is 24.4 Å². The Labute approximate surface area is 151 Å². The van der Waals surface area contributed by atoms with Crippen molar-refractivity contribution in [1.82, 2.24) is 15.8 Å². The van der Waals surface area contributed by atoms with Gasteiger partial charge in [-0.05, 0) is 49.9 Å². The molecular weight excluding hydrogens is 349 g/mol. The smallest absolute Gasteiger partial charge is 0.273 e. The van der Waals surface area contributed by atoms with E-state index in [9.17, 15) is 4.79 Å². The average Bonchev–Trinajstić information content (AvgIpc) is 3.15. The summed E-state index contributed by atoms with van der Waals surface area (Å²) in [5.74, 6) is 0.400. The van der Waals surface area contributed by atoms with Gasteiger partial charge in [-0.1, -0.05) is 16.8 Å². The minimum absolute atomic E-state index is 0. The first-order valence-electron chi connectivity index (χ1n) is 7.97. The van der Waals surface area contributed by atoms with Gasteiger partial charge in [0.1, 0.15) is 0 Å². The van der Waals surface area contributed by atoms with E-state index in [0.717, 1.165) is 18.4 Å². The zero-order chi connectivity index (χ0) is 15.8. The standard InChI is InChI=1S/C17H18ClN3O2.ClH/c18-11-3-1-10(2-4-11)16-9-15(21-23-16)17(22)20-14-7-12-5-6-13(8-14)19-12;/h1-4,9,12-14,19H,5-8H2,(H,20,22);1H. The number of aromatic nitrogens is 1. The zero-order valence-corrected chi connectivity index (χ0v) is 14.6. The molecule has 1 aromatic heterocycles. The van der Waals surface area contributed by atoms with E-state index in [1.807, 2.05) is 12.1 Å². The molecule has 24 heavy (non-hydrogen) atoms. The number of fused-ring (bicyclic) bond motifs is 2. The van der Waals surface area contributed by atoms with Crippen LogP contribution in [0.2, 0.25) is 5.02 Å². The lowest BCUT2D eigenvalue weighted by molar-refractivity contribution is 0.0915. The second-order valence-corrected chi connectivity index (χ2v) is 6.80. The third-order valence-corrected chi connectivity index (χ3v) is 4.93. The van der Waals surface area contributed by atoms with E-state index in [1.54, 1.807) is 18.2 Å². The SMILES string of the molecule is Cl.O=C(NC1CC2CCC(C1)N2)c1cc(-c2ccc(Cl)cc2)on1. The van der Waals surface area contributed by atoms with Crippen LogP contribution in [0.25, 0.3) is 11.3 Å². The molecule has 0 saturated carbocycles. The van der Waals surface area contributed by atoms with E-state index in [0.29, 0.717) is 28.6 Å². The minimum atomic E-state index is -0.166. The number of rotatable bonds is 3. The van der Waals surface area contributed by atoms with Gasteiger partial charge >= 0.3 is 0 Å². The van der Waals surface area contributed by atoms with E-state index < -0.39 is 0 Å². The van der Waals surface area contributed by atoms with E-state index in [1.165, 1.54) is 12.8 Å². The molecule has 3 heterocycles. The Kier molecular flexibility index (Phi) is 5.13. The number of piperidine rings is 1.